The third-order valence-corrected chi connectivity index (χ3v) is 4.82. The Labute approximate surface area is 149 Å². The van der Waals surface area contributed by atoms with E-state index in [1.807, 2.05) is 0 Å². The van der Waals surface area contributed by atoms with Crippen LogP contribution in [0.3, 0.4) is 0 Å². The first kappa shape index (κ1) is 15.9. The van der Waals surface area contributed by atoms with E-state index in [-0.39, 0.29) is 22.6 Å². The molecule has 0 fully saturated rings. The number of carbonyl (C=O) groups is 1. The molecule has 0 unspecified atom stereocenters. The first-order chi connectivity index (χ1) is 13.0. The van der Waals surface area contributed by atoms with Crippen LogP contribution >= 0.6 is 0 Å². The van der Waals surface area contributed by atoms with E-state index < -0.39 is 46.0 Å². The summed E-state index contributed by atoms with van der Waals surface area (Å²) in [5.41, 5.74) is -3.29. The molecule has 2 aliphatic heterocycles. The molecule has 1 spiro atoms. The number of fused-ring (bicyclic) bond motifs is 6. The van der Waals surface area contributed by atoms with Crippen molar-refractivity contribution in [3.8, 4) is 11.5 Å². The summed E-state index contributed by atoms with van der Waals surface area (Å²) in [7, 11) is 0. The van der Waals surface area contributed by atoms with Crippen LogP contribution in [0, 0.1) is 23.3 Å². The molecule has 0 amide bonds. The molecule has 5 rings (SSSR count). The van der Waals surface area contributed by atoms with Crippen molar-refractivity contribution < 1.29 is 31.8 Å². The molecule has 3 aromatic carbocycles. The monoisotopic (exact) mass is 372 g/mol. The number of esters is 1. The number of hydrogen-bond donors (Lipinski definition) is 0. The fourth-order valence-electron chi connectivity index (χ4n) is 3.73. The van der Waals surface area contributed by atoms with Crippen molar-refractivity contribution in [2.45, 2.75) is 5.60 Å². The fraction of sp³-hybridized carbons (Fsp3) is 0.0500. The van der Waals surface area contributed by atoms with Crippen LogP contribution in [0.1, 0.15) is 27.0 Å². The molecule has 0 N–H and O–H groups in total. The quantitative estimate of drug-likeness (QED) is 0.246. The predicted molar refractivity (Wildman–Crippen MR) is 84.5 cm³/mol. The zero-order valence-corrected chi connectivity index (χ0v) is 13.4. The zero-order valence-electron chi connectivity index (χ0n) is 13.4. The van der Waals surface area contributed by atoms with E-state index >= 15 is 0 Å². The summed E-state index contributed by atoms with van der Waals surface area (Å²) in [5, 5.41) is 0. The molecule has 27 heavy (non-hydrogen) atoms. The molecule has 2 heterocycles. The summed E-state index contributed by atoms with van der Waals surface area (Å²) < 4.78 is 68.3. The van der Waals surface area contributed by atoms with Crippen molar-refractivity contribution >= 4 is 5.97 Å². The van der Waals surface area contributed by atoms with Crippen LogP contribution < -0.4 is 4.74 Å². The number of rotatable bonds is 0. The average molecular weight is 372 g/mol. The summed E-state index contributed by atoms with van der Waals surface area (Å²) in [6.07, 6.45) is 0. The maximum Gasteiger partial charge on any atom is 0.343 e. The molecular formula is C20H8F4O3. The highest BCUT2D eigenvalue weighted by Crippen LogP contribution is 2.57. The molecule has 0 saturated carbocycles. The van der Waals surface area contributed by atoms with E-state index in [0.29, 0.717) is 0 Å². The van der Waals surface area contributed by atoms with Crippen LogP contribution in [0.5, 0.6) is 11.5 Å². The first-order valence-electron chi connectivity index (χ1n) is 7.93. The van der Waals surface area contributed by atoms with E-state index in [0.717, 1.165) is 0 Å². The Hall–Kier alpha value is -3.35. The molecule has 0 radical (unpaired) electrons. The molecule has 0 aliphatic carbocycles. The standard InChI is InChI=1S/C20H8F4O3/c21-15-13-14(16(22)18(24)17(15)23)20(27-19(13)25)9-5-1-3-7-11(9)26-12-8-4-2-6-10(12)20/h1-8H. The van der Waals surface area contributed by atoms with E-state index in [9.17, 15) is 22.4 Å². The summed E-state index contributed by atoms with van der Waals surface area (Å²) in [4.78, 5) is 12.4. The number of para-hydroxylation sites is 2. The van der Waals surface area contributed by atoms with Gasteiger partial charge in [-0.3, -0.25) is 0 Å². The lowest BCUT2D eigenvalue weighted by atomic mass is 9.77. The maximum absolute atomic E-state index is 14.9. The highest BCUT2D eigenvalue weighted by atomic mass is 19.2. The minimum absolute atomic E-state index is 0.181. The first-order valence-corrected chi connectivity index (χ1v) is 7.93. The number of ether oxygens (including phenoxy) is 2. The molecule has 134 valence electrons. The Morgan fingerprint density at radius 3 is 1.81 bits per heavy atom. The van der Waals surface area contributed by atoms with Gasteiger partial charge in [-0.2, -0.15) is 0 Å². The number of carbonyl (C=O) groups excluding carboxylic acids is 1. The van der Waals surface area contributed by atoms with Gasteiger partial charge in [-0.25, -0.2) is 22.4 Å². The highest BCUT2D eigenvalue weighted by Gasteiger charge is 2.57. The normalized spacial score (nSPS) is 15.6. The van der Waals surface area contributed by atoms with Gasteiger partial charge in [0.05, 0.1) is 5.56 Å². The van der Waals surface area contributed by atoms with Gasteiger partial charge in [0.2, 0.25) is 0 Å². The van der Waals surface area contributed by atoms with E-state index in [2.05, 4.69) is 0 Å². The zero-order chi connectivity index (χ0) is 18.9. The highest BCUT2D eigenvalue weighted by molar-refractivity contribution is 5.97. The molecule has 2 aliphatic rings. The number of benzene rings is 3. The summed E-state index contributed by atoms with van der Waals surface area (Å²) in [5.74, 6) is -8.37. The van der Waals surface area contributed by atoms with Crippen LogP contribution in [0.15, 0.2) is 48.5 Å². The summed E-state index contributed by atoms with van der Waals surface area (Å²) in [6.45, 7) is 0. The Balaban J connectivity index is 1.99. The molecule has 0 bridgehead atoms. The SMILES string of the molecule is O=C1OC2(c3ccccc3Oc3ccccc32)c2c(F)c(F)c(F)c(F)c21. The Kier molecular flexibility index (Phi) is 2.99. The molecular weight excluding hydrogens is 364 g/mol. The van der Waals surface area contributed by atoms with Crippen LogP contribution in [0.25, 0.3) is 0 Å². The van der Waals surface area contributed by atoms with Gasteiger partial charge in [-0.1, -0.05) is 36.4 Å². The summed E-state index contributed by atoms with van der Waals surface area (Å²) >= 11 is 0. The second-order valence-corrected chi connectivity index (χ2v) is 6.17. The van der Waals surface area contributed by atoms with Crippen molar-refractivity contribution in [1.82, 2.24) is 0 Å². The minimum Gasteiger partial charge on any atom is -0.456 e. The van der Waals surface area contributed by atoms with Gasteiger partial charge >= 0.3 is 5.97 Å². The molecule has 7 heteroatoms. The number of halogens is 4. The van der Waals surface area contributed by atoms with Crippen molar-refractivity contribution in [3.63, 3.8) is 0 Å². The lowest BCUT2D eigenvalue weighted by Gasteiger charge is -2.36. The Morgan fingerprint density at radius 1 is 0.704 bits per heavy atom. The fourth-order valence-corrected chi connectivity index (χ4v) is 3.73. The van der Waals surface area contributed by atoms with Gasteiger partial charge in [0.25, 0.3) is 0 Å². The van der Waals surface area contributed by atoms with Gasteiger partial charge in [-0.05, 0) is 12.1 Å². The smallest absolute Gasteiger partial charge is 0.343 e. The van der Waals surface area contributed by atoms with Crippen LogP contribution in [-0.4, -0.2) is 5.97 Å². The molecule has 3 nitrogen and oxygen atoms in total. The van der Waals surface area contributed by atoms with Gasteiger partial charge in [0, 0.05) is 11.1 Å². The van der Waals surface area contributed by atoms with Crippen molar-refractivity contribution in [2.75, 3.05) is 0 Å². The van der Waals surface area contributed by atoms with Crippen molar-refractivity contribution in [2.24, 2.45) is 0 Å². The van der Waals surface area contributed by atoms with Crippen molar-refractivity contribution in [3.05, 3.63) is 94.1 Å². The second kappa shape index (κ2) is 5.09. The van der Waals surface area contributed by atoms with Crippen LogP contribution in [-0.2, 0) is 10.3 Å². The minimum atomic E-state index is -2.06. The molecule has 0 aromatic heterocycles. The van der Waals surface area contributed by atoms with Crippen LogP contribution in [0.4, 0.5) is 17.6 Å². The van der Waals surface area contributed by atoms with Gasteiger partial charge < -0.3 is 9.47 Å². The Bertz CT molecular complexity index is 1110. The predicted octanol–water partition coefficient (Wildman–Crippen LogP) is 4.81. The van der Waals surface area contributed by atoms with Gasteiger partial charge in [-0.15, -0.1) is 0 Å². The number of hydrogen-bond acceptors (Lipinski definition) is 3. The van der Waals surface area contributed by atoms with Crippen LogP contribution in [0.2, 0.25) is 0 Å². The van der Waals surface area contributed by atoms with Gasteiger partial charge in [0.15, 0.2) is 28.9 Å². The van der Waals surface area contributed by atoms with Crippen molar-refractivity contribution in [1.29, 1.82) is 0 Å². The third kappa shape index (κ3) is 1.78. The largest absolute Gasteiger partial charge is 0.456 e. The average Bonchev–Trinajstić information content (AvgIpc) is 2.98. The second-order valence-electron chi connectivity index (χ2n) is 6.17. The third-order valence-electron chi connectivity index (χ3n) is 4.82. The molecule has 0 atom stereocenters. The lowest BCUT2D eigenvalue weighted by Crippen LogP contribution is -2.34. The maximum atomic E-state index is 14.9. The lowest BCUT2D eigenvalue weighted by molar-refractivity contribution is 0.0215. The van der Waals surface area contributed by atoms with E-state index in [4.69, 9.17) is 9.47 Å². The Morgan fingerprint density at radius 2 is 1.22 bits per heavy atom. The topological polar surface area (TPSA) is 35.5 Å². The summed E-state index contributed by atoms with van der Waals surface area (Å²) in [6, 6.07) is 12.5. The van der Waals surface area contributed by atoms with E-state index in [1.54, 1.807) is 36.4 Å². The molecule has 3 aromatic rings. The molecule has 0 saturated heterocycles. The van der Waals surface area contributed by atoms with E-state index in [1.165, 1.54) is 12.1 Å². The van der Waals surface area contributed by atoms with Gasteiger partial charge in [0.1, 0.15) is 17.1 Å².